The predicted octanol–water partition coefficient (Wildman–Crippen LogP) is 1.20. The zero-order valence-corrected chi connectivity index (χ0v) is 10.8. The van der Waals surface area contributed by atoms with E-state index in [2.05, 4.69) is 17.2 Å². The second-order valence-electron chi connectivity index (χ2n) is 4.21. The Labute approximate surface area is 112 Å². The molecule has 102 valence electrons. The number of rotatable bonds is 7. The molecule has 19 heavy (non-hydrogen) atoms. The maximum Gasteiger partial charge on any atom is 0.231 e. The zero-order chi connectivity index (χ0) is 13.5. The molecule has 1 heterocycles. The van der Waals surface area contributed by atoms with Crippen molar-refractivity contribution in [1.29, 1.82) is 0 Å². The Morgan fingerprint density at radius 3 is 3.05 bits per heavy atom. The van der Waals surface area contributed by atoms with Crippen LogP contribution in [-0.4, -0.2) is 25.8 Å². The highest BCUT2D eigenvalue weighted by atomic mass is 16.7. The first kappa shape index (κ1) is 13.4. The van der Waals surface area contributed by atoms with Crippen molar-refractivity contribution in [3.63, 3.8) is 0 Å². The molecule has 0 aliphatic carbocycles. The van der Waals surface area contributed by atoms with Gasteiger partial charge in [0.1, 0.15) is 0 Å². The molecule has 2 N–H and O–H groups in total. The van der Waals surface area contributed by atoms with Crippen LogP contribution in [0.25, 0.3) is 0 Å². The Bertz CT molecular complexity index is 460. The lowest BCUT2D eigenvalue weighted by molar-refractivity contribution is -0.120. The van der Waals surface area contributed by atoms with E-state index in [1.54, 1.807) is 6.08 Å². The summed E-state index contributed by atoms with van der Waals surface area (Å²) in [5, 5.41) is 5.95. The Kier molecular flexibility index (Phi) is 4.80. The van der Waals surface area contributed by atoms with Gasteiger partial charge in [0, 0.05) is 26.1 Å². The molecule has 0 radical (unpaired) electrons. The van der Waals surface area contributed by atoms with E-state index in [1.165, 1.54) is 0 Å². The topological polar surface area (TPSA) is 59.6 Å². The lowest BCUT2D eigenvalue weighted by Crippen LogP contribution is -2.27. The predicted molar refractivity (Wildman–Crippen MR) is 72.1 cm³/mol. The monoisotopic (exact) mass is 262 g/mol. The molecule has 1 aromatic rings. The van der Waals surface area contributed by atoms with Crippen LogP contribution in [0, 0.1) is 0 Å². The minimum absolute atomic E-state index is 0.0260. The maximum absolute atomic E-state index is 11.3. The van der Waals surface area contributed by atoms with Gasteiger partial charge in [-0.1, -0.05) is 12.1 Å². The van der Waals surface area contributed by atoms with Gasteiger partial charge in [-0.25, -0.2) is 0 Å². The smallest absolute Gasteiger partial charge is 0.231 e. The summed E-state index contributed by atoms with van der Waals surface area (Å²) in [6.07, 6.45) is 2.12. The van der Waals surface area contributed by atoms with Crippen molar-refractivity contribution in [3.05, 3.63) is 36.4 Å². The quantitative estimate of drug-likeness (QED) is 0.572. The molecule has 0 atom stereocenters. The van der Waals surface area contributed by atoms with Gasteiger partial charge < -0.3 is 20.1 Å². The van der Waals surface area contributed by atoms with E-state index in [4.69, 9.17) is 9.47 Å². The third-order valence-electron chi connectivity index (χ3n) is 2.74. The second kappa shape index (κ2) is 6.80. The van der Waals surface area contributed by atoms with Crippen LogP contribution in [0.3, 0.4) is 0 Å². The van der Waals surface area contributed by atoms with E-state index < -0.39 is 0 Å². The fourth-order valence-corrected chi connectivity index (χ4v) is 1.76. The average Bonchev–Trinajstić information content (AvgIpc) is 2.88. The van der Waals surface area contributed by atoms with Gasteiger partial charge in [0.25, 0.3) is 0 Å². The highest BCUT2D eigenvalue weighted by Gasteiger charge is 2.12. The van der Waals surface area contributed by atoms with Crippen LogP contribution < -0.4 is 20.1 Å². The van der Waals surface area contributed by atoms with Crippen molar-refractivity contribution in [2.75, 3.05) is 19.9 Å². The molecule has 0 unspecified atom stereocenters. The molecule has 2 rings (SSSR count). The summed E-state index contributed by atoms with van der Waals surface area (Å²) < 4.78 is 10.5. The molecule has 0 spiro atoms. The van der Waals surface area contributed by atoms with Gasteiger partial charge in [0.2, 0.25) is 12.7 Å². The molecule has 0 bridgehead atoms. The van der Waals surface area contributed by atoms with Crippen molar-refractivity contribution in [2.24, 2.45) is 0 Å². The lowest BCUT2D eigenvalue weighted by atomic mass is 10.2. The number of amides is 1. The summed E-state index contributed by atoms with van der Waals surface area (Å²) in [5.41, 5.74) is 1.11. The molecule has 5 nitrogen and oxygen atoms in total. The average molecular weight is 262 g/mol. The third kappa shape index (κ3) is 3.99. The Hall–Kier alpha value is -2.01. The first-order chi connectivity index (χ1) is 9.29. The molecule has 0 saturated heterocycles. The fourth-order valence-electron chi connectivity index (χ4n) is 1.76. The number of nitrogens with one attached hydrogen (secondary N) is 2. The standard InChI is InChI=1S/C14H18N2O3/c1-2-6-16-14(17)5-7-15-9-11-3-4-12-13(8-11)19-10-18-12/h2-4,8,15H,1,5-7,9-10H2,(H,16,17). The minimum Gasteiger partial charge on any atom is -0.454 e. The molecule has 0 aromatic heterocycles. The zero-order valence-electron chi connectivity index (χ0n) is 10.8. The number of hydrogen-bond donors (Lipinski definition) is 2. The van der Waals surface area contributed by atoms with Crippen LogP contribution in [0.15, 0.2) is 30.9 Å². The van der Waals surface area contributed by atoms with Crippen molar-refractivity contribution in [3.8, 4) is 11.5 Å². The number of hydrogen-bond acceptors (Lipinski definition) is 4. The van der Waals surface area contributed by atoms with Gasteiger partial charge in [-0.15, -0.1) is 6.58 Å². The molecule has 0 fully saturated rings. The highest BCUT2D eigenvalue weighted by Crippen LogP contribution is 2.32. The molecule has 5 heteroatoms. The number of carbonyl (C=O) groups is 1. The van der Waals surface area contributed by atoms with Crippen LogP contribution in [-0.2, 0) is 11.3 Å². The van der Waals surface area contributed by atoms with E-state index in [-0.39, 0.29) is 12.7 Å². The molecule has 1 aliphatic rings. The Balaban J connectivity index is 1.68. The van der Waals surface area contributed by atoms with E-state index >= 15 is 0 Å². The van der Waals surface area contributed by atoms with Gasteiger partial charge in [-0.3, -0.25) is 4.79 Å². The van der Waals surface area contributed by atoms with Crippen LogP contribution >= 0.6 is 0 Å². The van der Waals surface area contributed by atoms with Gasteiger partial charge in [0.05, 0.1) is 0 Å². The molecule has 0 saturated carbocycles. The fraction of sp³-hybridized carbons (Fsp3) is 0.357. The van der Waals surface area contributed by atoms with Crippen molar-refractivity contribution >= 4 is 5.91 Å². The Morgan fingerprint density at radius 2 is 2.21 bits per heavy atom. The van der Waals surface area contributed by atoms with Crippen molar-refractivity contribution in [1.82, 2.24) is 10.6 Å². The largest absolute Gasteiger partial charge is 0.454 e. The lowest BCUT2D eigenvalue weighted by Gasteiger charge is -2.06. The van der Waals surface area contributed by atoms with Crippen molar-refractivity contribution < 1.29 is 14.3 Å². The highest BCUT2D eigenvalue weighted by molar-refractivity contribution is 5.76. The molecule has 1 amide bonds. The Morgan fingerprint density at radius 1 is 1.37 bits per heavy atom. The van der Waals surface area contributed by atoms with Gasteiger partial charge in [0.15, 0.2) is 11.5 Å². The van der Waals surface area contributed by atoms with E-state index in [0.717, 1.165) is 17.1 Å². The van der Waals surface area contributed by atoms with Crippen LogP contribution in [0.4, 0.5) is 0 Å². The minimum atomic E-state index is 0.0260. The molecule has 1 aliphatic heterocycles. The number of fused-ring (bicyclic) bond motifs is 1. The summed E-state index contributed by atoms with van der Waals surface area (Å²) >= 11 is 0. The molecule has 1 aromatic carbocycles. The summed E-state index contributed by atoms with van der Waals surface area (Å²) in [4.78, 5) is 11.3. The van der Waals surface area contributed by atoms with Gasteiger partial charge >= 0.3 is 0 Å². The summed E-state index contributed by atoms with van der Waals surface area (Å²) in [5.74, 6) is 1.59. The first-order valence-electron chi connectivity index (χ1n) is 6.26. The third-order valence-corrected chi connectivity index (χ3v) is 2.74. The number of benzene rings is 1. The number of ether oxygens (including phenoxy) is 2. The van der Waals surface area contributed by atoms with Crippen LogP contribution in [0.5, 0.6) is 11.5 Å². The van der Waals surface area contributed by atoms with Crippen LogP contribution in [0.2, 0.25) is 0 Å². The van der Waals surface area contributed by atoms with Crippen molar-refractivity contribution in [2.45, 2.75) is 13.0 Å². The van der Waals surface area contributed by atoms with Crippen LogP contribution in [0.1, 0.15) is 12.0 Å². The summed E-state index contributed by atoms with van der Waals surface area (Å²) in [7, 11) is 0. The summed E-state index contributed by atoms with van der Waals surface area (Å²) in [6, 6.07) is 5.83. The SMILES string of the molecule is C=CCNC(=O)CCNCc1ccc2c(c1)OCO2. The van der Waals surface area contributed by atoms with E-state index in [1.807, 2.05) is 18.2 Å². The summed E-state index contributed by atoms with van der Waals surface area (Å²) in [6.45, 7) is 5.68. The normalized spacial score (nSPS) is 12.2. The maximum atomic E-state index is 11.3. The second-order valence-corrected chi connectivity index (χ2v) is 4.21. The molecular formula is C14H18N2O3. The molecular weight excluding hydrogens is 244 g/mol. The van der Waals surface area contributed by atoms with Gasteiger partial charge in [-0.05, 0) is 17.7 Å². The van der Waals surface area contributed by atoms with E-state index in [0.29, 0.717) is 26.1 Å². The van der Waals surface area contributed by atoms with E-state index in [9.17, 15) is 4.79 Å². The first-order valence-corrected chi connectivity index (χ1v) is 6.26. The number of carbonyl (C=O) groups excluding carboxylic acids is 1. The van der Waals surface area contributed by atoms with Gasteiger partial charge in [-0.2, -0.15) is 0 Å².